The third-order valence-electron chi connectivity index (χ3n) is 6.74. The maximum Gasteiger partial charge on any atom is 0.333 e. The largest absolute Gasteiger partial charge is 0.492 e. The second-order valence-corrected chi connectivity index (χ2v) is 9.88. The van der Waals surface area contributed by atoms with Gasteiger partial charge in [0.2, 0.25) is 0 Å². The number of anilines is 2. The zero-order valence-electron chi connectivity index (χ0n) is 23.9. The molecule has 5 rings (SSSR count). The molecule has 0 bridgehead atoms. The van der Waals surface area contributed by atoms with E-state index in [1.807, 2.05) is 103 Å². The van der Waals surface area contributed by atoms with Gasteiger partial charge in [0.25, 0.3) is 0 Å². The fourth-order valence-electron chi connectivity index (χ4n) is 4.59. The van der Waals surface area contributed by atoms with Crippen LogP contribution in [0.2, 0.25) is 0 Å². The molecule has 3 unspecified atom stereocenters. The van der Waals surface area contributed by atoms with Crippen molar-refractivity contribution in [1.82, 2.24) is 0 Å². The molecule has 1 aliphatic heterocycles. The molecule has 0 aromatic heterocycles. The third-order valence-corrected chi connectivity index (χ3v) is 6.74. The van der Waals surface area contributed by atoms with Crippen molar-refractivity contribution >= 4 is 17.3 Å². The van der Waals surface area contributed by atoms with E-state index in [4.69, 9.17) is 19.9 Å². The highest BCUT2D eigenvalue weighted by Crippen LogP contribution is 2.45. The number of carboxylic acid groups (broad SMARTS) is 1. The number of aliphatic hydroxyl groups excluding tert-OH is 1. The van der Waals surface area contributed by atoms with E-state index in [0.717, 1.165) is 39.8 Å². The number of rotatable bonds is 11. The lowest BCUT2D eigenvalue weighted by Crippen LogP contribution is -2.26. The number of ether oxygens (including phenoxy) is 3. The summed E-state index contributed by atoms with van der Waals surface area (Å²) in [7, 11) is 0. The van der Waals surface area contributed by atoms with Crippen molar-refractivity contribution in [3.05, 3.63) is 114 Å². The van der Waals surface area contributed by atoms with Crippen molar-refractivity contribution < 1.29 is 29.2 Å². The summed E-state index contributed by atoms with van der Waals surface area (Å²) in [6, 6.07) is 32.6. The van der Waals surface area contributed by atoms with E-state index in [0.29, 0.717) is 26.2 Å². The van der Waals surface area contributed by atoms with Crippen molar-refractivity contribution in [3.63, 3.8) is 0 Å². The summed E-state index contributed by atoms with van der Waals surface area (Å²) in [4.78, 5) is 13.5. The Kier molecular flexibility index (Phi) is 10.9. The van der Waals surface area contributed by atoms with Gasteiger partial charge in [-0.15, -0.1) is 0 Å². The smallest absolute Gasteiger partial charge is 0.333 e. The molecule has 0 spiro atoms. The number of hydrogen-bond acceptors (Lipinski definition) is 7. The Hall–Kier alpha value is -4.37. The first kappa shape index (κ1) is 30.6. The Morgan fingerprint density at radius 1 is 0.881 bits per heavy atom. The highest BCUT2D eigenvalue weighted by molar-refractivity contribution is 5.77. The van der Waals surface area contributed by atoms with Gasteiger partial charge in [-0.1, -0.05) is 66.7 Å². The lowest BCUT2D eigenvalue weighted by molar-refractivity contribution is -0.149. The van der Waals surface area contributed by atoms with Gasteiger partial charge in [-0.3, -0.25) is 0 Å². The van der Waals surface area contributed by atoms with E-state index >= 15 is 0 Å². The first-order valence-corrected chi connectivity index (χ1v) is 14.1. The van der Waals surface area contributed by atoms with Gasteiger partial charge in [-0.25, -0.2) is 4.79 Å². The number of fused-ring (bicyclic) bond motifs is 2. The van der Waals surface area contributed by atoms with Gasteiger partial charge >= 0.3 is 5.97 Å². The number of nitrogens with zero attached hydrogens (tertiary/aromatic N) is 1. The van der Waals surface area contributed by atoms with E-state index in [2.05, 4.69) is 4.90 Å². The summed E-state index contributed by atoms with van der Waals surface area (Å²) in [6.07, 6.45) is -1.06. The van der Waals surface area contributed by atoms with Crippen molar-refractivity contribution in [2.45, 2.75) is 38.5 Å². The van der Waals surface area contributed by atoms with Crippen LogP contribution in [0, 0.1) is 0 Å². The zero-order chi connectivity index (χ0) is 29.9. The van der Waals surface area contributed by atoms with Crippen LogP contribution in [0.25, 0.3) is 0 Å². The molecule has 8 nitrogen and oxygen atoms in total. The number of aliphatic carboxylic acids is 1. The number of aliphatic hydroxyl groups is 1. The van der Waals surface area contributed by atoms with Crippen molar-refractivity contribution in [3.8, 4) is 17.2 Å². The van der Waals surface area contributed by atoms with Crippen LogP contribution in [-0.2, 0) is 16.0 Å². The van der Waals surface area contributed by atoms with Gasteiger partial charge in [0.15, 0.2) is 17.6 Å². The first-order chi connectivity index (χ1) is 20.4. The van der Waals surface area contributed by atoms with Crippen LogP contribution in [0.1, 0.15) is 31.1 Å². The van der Waals surface area contributed by atoms with Crippen LogP contribution in [0.5, 0.6) is 17.2 Å². The molecule has 0 saturated heterocycles. The van der Waals surface area contributed by atoms with E-state index in [1.54, 1.807) is 13.8 Å². The molecule has 0 fully saturated rings. The normalized spacial score (nSPS) is 13.8. The fourth-order valence-corrected chi connectivity index (χ4v) is 4.59. The van der Waals surface area contributed by atoms with Gasteiger partial charge in [-0.2, -0.15) is 0 Å². The lowest BCUT2D eigenvalue weighted by Gasteiger charge is -2.32. The molecule has 0 aliphatic carbocycles. The van der Waals surface area contributed by atoms with Gasteiger partial charge in [-0.05, 0) is 61.4 Å². The number of carboxylic acids is 1. The molecule has 220 valence electrons. The Morgan fingerprint density at radius 3 is 2.00 bits per heavy atom. The summed E-state index contributed by atoms with van der Waals surface area (Å²) < 4.78 is 17.3. The van der Waals surface area contributed by atoms with Gasteiger partial charge in [0.1, 0.15) is 12.4 Å². The number of benzene rings is 4. The predicted molar refractivity (Wildman–Crippen MR) is 164 cm³/mol. The minimum atomic E-state index is -0.951. The van der Waals surface area contributed by atoms with Gasteiger partial charge < -0.3 is 35.1 Å². The highest BCUT2D eigenvalue weighted by atomic mass is 16.5. The number of hydrogen-bond donors (Lipinski definition) is 3. The minimum absolute atomic E-state index is 0.211. The molecule has 3 atom stereocenters. The van der Waals surface area contributed by atoms with Crippen LogP contribution in [-0.4, -0.2) is 48.1 Å². The maximum atomic E-state index is 11.3. The predicted octanol–water partition coefficient (Wildman–Crippen LogP) is 6.11. The highest BCUT2D eigenvalue weighted by Gasteiger charge is 2.23. The molecular formula is C34H38N2O6. The second-order valence-electron chi connectivity index (χ2n) is 9.88. The lowest BCUT2D eigenvalue weighted by atomic mass is 10.0. The number of para-hydroxylation sites is 4. The number of carbonyl (C=O) groups is 1. The molecule has 4 aromatic rings. The molecule has 0 amide bonds. The second kappa shape index (κ2) is 15.0. The van der Waals surface area contributed by atoms with E-state index in [9.17, 15) is 15.0 Å². The third kappa shape index (κ3) is 8.10. The van der Waals surface area contributed by atoms with Gasteiger partial charge in [0.05, 0.1) is 24.0 Å². The standard InChI is InChI=1S/C25H25NO5.C9H13NO/c1-2-29-24(25(27)28)17-18-11-13-19(14-12-18)30-16-15-26-20-7-3-5-9-22(20)31-23-10-6-4-8-21(23)26;1-7(10)9(11)8-5-3-2-4-6-8/h3-14,24H,2,15-17H2,1H3,(H,27,28);2-7,9,11H,10H2,1H3. The Morgan fingerprint density at radius 2 is 1.45 bits per heavy atom. The minimum Gasteiger partial charge on any atom is -0.492 e. The Bertz CT molecular complexity index is 1370. The maximum absolute atomic E-state index is 11.3. The average Bonchev–Trinajstić information content (AvgIpc) is 3.01. The van der Waals surface area contributed by atoms with E-state index < -0.39 is 18.2 Å². The fraction of sp³-hybridized carbons (Fsp3) is 0.265. The monoisotopic (exact) mass is 570 g/mol. The van der Waals surface area contributed by atoms with Crippen molar-refractivity contribution in [1.29, 1.82) is 0 Å². The van der Waals surface area contributed by atoms with Crippen LogP contribution in [0.4, 0.5) is 11.4 Å². The SMILES string of the molecule is CC(N)C(O)c1ccccc1.CCOC(Cc1ccc(OCCN2c3ccccc3Oc3ccccc32)cc1)C(=O)O. The van der Waals surface area contributed by atoms with Crippen molar-refractivity contribution in [2.75, 3.05) is 24.7 Å². The summed E-state index contributed by atoms with van der Waals surface area (Å²) in [5, 5.41) is 18.7. The summed E-state index contributed by atoms with van der Waals surface area (Å²) in [5.41, 5.74) is 9.31. The van der Waals surface area contributed by atoms with Crippen LogP contribution >= 0.6 is 0 Å². The topological polar surface area (TPSA) is 114 Å². The first-order valence-electron chi connectivity index (χ1n) is 14.1. The molecule has 1 heterocycles. The Balaban J connectivity index is 0.000000310. The molecule has 0 saturated carbocycles. The molecule has 4 N–H and O–H groups in total. The van der Waals surface area contributed by atoms with Crippen LogP contribution in [0.15, 0.2) is 103 Å². The Labute approximate surface area is 246 Å². The van der Waals surface area contributed by atoms with Crippen LogP contribution in [0.3, 0.4) is 0 Å². The summed E-state index contributed by atoms with van der Waals surface area (Å²) >= 11 is 0. The van der Waals surface area contributed by atoms with Crippen LogP contribution < -0.4 is 20.1 Å². The summed E-state index contributed by atoms with van der Waals surface area (Å²) in [5.74, 6) is 1.44. The summed E-state index contributed by atoms with van der Waals surface area (Å²) in [6.45, 7) is 5.09. The molecule has 0 radical (unpaired) electrons. The average molecular weight is 571 g/mol. The zero-order valence-corrected chi connectivity index (χ0v) is 23.9. The quantitative estimate of drug-likeness (QED) is 0.198. The molecular weight excluding hydrogens is 532 g/mol. The van der Waals surface area contributed by atoms with E-state index in [1.165, 1.54) is 0 Å². The molecule has 1 aliphatic rings. The van der Waals surface area contributed by atoms with E-state index in [-0.39, 0.29) is 6.04 Å². The van der Waals surface area contributed by atoms with Gasteiger partial charge in [0, 0.05) is 19.1 Å². The molecule has 42 heavy (non-hydrogen) atoms. The van der Waals surface area contributed by atoms with Crippen molar-refractivity contribution in [2.24, 2.45) is 5.73 Å². The number of nitrogens with two attached hydrogens (primary N) is 1. The molecule has 4 aromatic carbocycles. The molecule has 8 heteroatoms.